The van der Waals surface area contributed by atoms with Crippen molar-refractivity contribution in [3.05, 3.63) is 55.6 Å². The number of para-hydroxylation sites is 1. The Bertz CT molecular complexity index is 335. The van der Waals surface area contributed by atoms with Crippen LogP contribution in [0.3, 0.4) is 0 Å². The summed E-state index contributed by atoms with van der Waals surface area (Å²) >= 11 is 0. The van der Waals surface area contributed by atoms with E-state index in [-0.39, 0.29) is 0 Å². The van der Waals surface area contributed by atoms with Crippen molar-refractivity contribution in [2.24, 2.45) is 0 Å². The van der Waals surface area contributed by atoms with Gasteiger partial charge in [0, 0.05) is 0 Å². The minimum absolute atomic E-state index is 0.711. The quantitative estimate of drug-likeness (QED) is 0.494. The van der Waals surface area contributed by atoms with Crippen molar-refractivity contribution in [2.45, 2.75) is 0 Å². The molecule has 0 aliphatic rings. The maximum Gasteiger partial charge on any atom is 0.137 e. The Morgan fingerprint density at radius 3 is 2.24 bits per heavy atom. The molecule has 0 amide bonds. The summed E-state index contributed by atoms with van der Waals surface area (Å²) in [6, 6.07) is 9.91. The molecule has 0 fully saturated rings. The van der Waals surface area contributed by atoms with E-state index in [1.165, 1.54) is 0 Å². The molecule has 0 bridgehead atoms. The summed E-state index contributed by atoms with van der Waals surface area (Å²) in [5.74, 6) is 0.927. The zero-order valence-corrected chi connectivity index (χ0v) is 10.6. The Morgan fingerprint density at radius 1 is 1.12 bits per heavy atom. The Labute approximate surface area is 104 Å². The molecule has 0 radical (unpaired) electrons. The van der Waals surface area contributed by atoms with E-state index in [4.69, 9.17) is 4.74 Å². The van der Waals surface area contributed by atoms with Gasteiger partial charge in [-0.3, -0.25) is 0 Å². The van der Waals surface area contributed by atoms with Gasteiger partial charge in [-0.2, -0.15) is 0 Å². The van der Waals surface area contributed by atoms with Gasteiger partial charge < -0.3 is 9.22 Å². The van der Waals surface area contributed by atoms with E-state index >= 15 is 0 Å². The van der Waals surface area contributed by atoms with Crippen LogP contribution in [0.5, 0.6) is 5.75 Å². The van der Waals surface area contributed by atoms with Gasteiger partial charge in [0.25, 0.3) is 0 Å². The molecule has 2 heteroatoms. The van der Waals surface area contributed by atoms with Crippen molar-refractivity contribution in [2.75, 3.05) is 33.3 Å². The van der Waals surface area contributed by atoms with Crippen LogP contribution in [-0.4, -0.2) is 37.8 Å². The van der Waals surface area contributed by atoms with Crippen LogP contribution in [0, 0.1) is 0 Å². The molecule has 1 aromatic rings. The molecule has 0 unspecified atom stereocenters. The summed E-state index contributed by atoms with van der Waals surface area (Å²) in [4.78, 5) is 0. The molecular formula is C15H22NO+. The number of ether oxygens (including phenoxy) is 1. The van der Waals surface area contributed by atoms with Gasteiger partial charge in [-0.25, -0.2) is 0 Å². The Balaban J connectivity index is 2.42. The fraction of sp³-hybridized carbons (Fsp3) is 0.333. The van der Waals surface area contributed by atoms with E-state index in [9.17, 15) is 0 Å². The van der Waals surface area contributed by atoms with E-state index in [0.717, 1.165) is 29.9 Å². The maximum absolute atomic E-state index is 5.71. The minimum Gasteiger partial charge on any atom is -0.488 e. The zero-order chi connectivity index (χ0) is 12.6. The van der Waals surface area contributed by atoms with E-state index in [2.05, 4.69) is 20.2 Å². The van der Waals surface area contributed by atoms with Crippen LogP contribution in [0.2, 0.25) is 0 Å². The fourth-order valence-electron chi connectivity index (χ4n) is 1.78. The number of rotatable bonds is 8. The highest BCUT2D eigenvalue weighted by Gasteiger charge is 2.17. The maximum atomic E-state index is 5.71. The summed E-state index contributed by atoms with van der Waals surface area (Å²) in [5, 5.41) is 0. The highest BCUT2D eigenvalue weighted by molar-refractivity contribution is 5.20. The van der Waals surface area contributed by atoms with Gasteiger partial charge in [0.05, 0.1) is 20.1 Å². The number of hydrogen-bond donors (Lipinski definition) is 0. The molecule has 1 rings (SSSR count). The van der Waals surface area contributed by atoms with Gasteiger partial charge in [-0.05, 0) is 24.3 Å². The zero-order valence-electron chi connectivity index (χ0n) is 10.6. The minimum atomic E-state index is 0.711. The second kappa shape index (κ2) is 6.92. The number of quaternary nitrogens is 1. The third-order valence-electron chi connectivity index (χ3n) is 2.78. The van der Waals surface area contributed by atoms with Gasteiger partial charge in [-0.1, -0.05) is 31.4 Å². The summed E-state index contributed by atoms with van der Waals surface area (Å²) in [6.45, 7) is 11.1. The highest BCUT2D eigenvalue weighted by atomic mass is 16.5. The lowest BCUT2D eigenvalue weighted by atomic mass is 10.3. The molecule has 0 spiro atoms. The van der Waals surface area contributed by atoms with Crippen molar-refractivity contribution >= 4 is 0 Å². The van der Waals surface area contributed by atoms with Crippen LogP contribution < -0.4 is 4.74 Å². The van der Waals surface area contributed by atoms with Gasteiger partial charge in [-0.15, -0.1) is 0 Å². The van der Waals surface area contributed by atoms with Crippen molar-refractivity contribution in [1.29, 1.82) is 0 Å². The molecule has 17 heavy (non-hydrogen) atoms. The number of hydrogen-bond acceptors (Lipinski definition) is 1. The molecule has 92 valence electrons. The van der Waals surface area contributed by atoms with Crippen molar-refractivity contribution in [1.82, 2.24) is 0 Å². The van der Waals surface area contributed by atoms with Crippen LogP contribution in [-0.2, 0) is 0 Å². The lowest BCUT2D eigenvalue weighted by Crippen LogP contribution is -2.46. The van der Waals surface area contributed by atoms with Gasteiger partial charge in [0.1, 0.15) is 18.9 Å². The van der Waals surface area contributed by atoms with E-state index in [0.29, 0.717) is 6.61 Å². The van der Waals surface area contributed by atoms with Crippen molar-refractivity contribution in [3.63, 3.8) is 0 Å². The van der Waals surface area contributed by atoms with Crippen LogP contribution in [0.25, 0.3) is 0 Å². The smallest absolute Gasteiger partial charge is 0.137 e. The van der Waals surface area contributed by atoms with Gasteiger partial charge >= 0.3 is 0 Å². The third-order valence-corrected chi connectivity index (χ3v) is 2.78. The molecule has 0 aliphatic carbocycles. The molecule has 0 aliphatic heterocycles. The first-order valence-corrected chi connectivity index (χ1v) is 5.93. The monoisotopic (exact) mass is 232 g/mol. The topological polar surface area (TPSA) is 9.23 Å². The SMILES string of the molecule is C=CC[N+](C)(CC=C)CCOc1ccccc1. The molecular weight excluding hydrogens is 210 g/mol. The first-order valence-electron chi connectivity index (χ1n) is 5.93. The second-order valence-electron chi connectivity index (χ2n) is 4.45. The molecule has 0 atom stereocenters. The molecule has 0 saturated heterocycles. The molecule has 0 saturated carbocycles. The van der Waals surface area contributed by atoms with Crippen LogP contribution >= 0.6 is 0 Å². The van der Waals surface area contributed by atoms with Crippen LogP contribution in [0.15, 0.2) is 55.6 Å². The molecule has 0 aromatic heterocycles. The fourth-order valence-corrected chi connectivity index (χ4v) is 1.78. The summed E-state index contributed by atoms with van der Waals surface area (Å²) in [6.07, 6.45) is 3.90. The summed E-state index contributed by atoms with van der Waals surface area (Å²) in [5.41, 5.74) is 0. The number of benzene rings is 1. The van der Waals surface area contributed by atoms with E-state index in [1.807, 2.05) is 42.5 Å². The number of nitrogens with zero attached hydrogens (tertiary/aromatic N) is 1. The molecule has 0 N–H and O–H groups in total. The second-order valence-corrected chi connectivity index (χ2v) is 4.45. The normalized spacial score (nSPS) is 10.9. The lowest BCUT2D eigenvalue weighted by molar-refractivity contribution is -0.898. The van der Waals surface area contributed by atoms with E-state index in [1.54, 1.807) is 0 Å². The molecule has 2 nitrogen and oxygen atoms in total. The Kier molecular flexibility index (Phi) is 5.50. The van der Waals surface area contributed by atoms with Gasteiger partial charge in [0.2, 0.25) is 0 Å². The lowest BCUT2D eigenvalue weighted by Gasteiger charge is -2.32. The van der Waals surface area contributed by atoms with Crippen molar-refractivity contribution < 1.29 is 9.22 Å². The van der Waals surface area contributed by atoms with E-state index < -0.39 is 0 Å². The summed E-state index contributed by atoms with van der Waals surface area (Å²) in [7, 11) is 2.19. The average molecular weight is 232 g/mol. The summed E-state index contributed by atoms with van der Waals surface area (Å²) < 4.78 is 6.60. The Hall–Kier alpha value is -1.54. The molecule has 1 aromatic carbocycles. The van der Waals surface area contributed by atoms with Crippen LogP contribution in [0.1, 0.15) is 0 Å². The standard InChI is InChI=1S/C15H22NO/c1-4-11-16(3,12-5-2)13-14-17-15-9-7-6-8-10-15/h4-10H,1-2,11-14H2,3H3/q+1. The van der Waals surface area contributed by atoms with Crippen molar-refractivity contribution in [3.8, 4) is 5.75 Å². The first-order chi connectivity index (χ1) is 8.20. The number of likely N-dealkylation sites (N-methyl/N-ethyl adjacent to an activating group) is 1. The third kappa shape index (κ3) is 4.87. The average Bonchev–Trinajstić information content (AvgIpc) is 2.31. The Morgan fingerprint density at radius 2 is 1.71 bits per heavy atom. The largest absolute Gasteiger partial charge is 0.488 e. The first kappa shape index (κ1) is 13.5. The van der Waals surface area contributed by atoms with Gasteiger partial charge in [0.15, 0.2) is 0 Å². The highest BCUT2D eigenvalue weighted by Crippen LogP contribution is 2.09. The predicted octanol–water partition coefficient (Wildman–Crippen LogP) is 2.88. The predicted molar refractivity (Wildman–Crippen MR) is 73.1 cm³/mol. The van der Waals surface area contributed by atoms with Crippen LogP contribution in [0.4, 0.5) is 0 Å². The molecule has 0 heterocycles.